The smallest absolute Gasteiger partial charge is 0.416 e. The van der Waals surface area contributed by atoms with Gasteiger partial charge in [-0.15, -0.1) is 11.8 Å². The molecule has 2 aromatic carbocycles. The van der Waals surface area contributed by atoms with Crippen LogP contribution in [0.2, 0.25) is 0 Å². The van der Waals surface area contributed by atoms with Crippen molar-refractivity contribution >= 4 is 39.6 Å². The number of carbonyl (C=O) groups excluding carboxylic acids is 2. The van der Waals surface area contributed by atoms with Gasteiger partial charge in [-0.2, -0.15) is 13.2 Å². The highest BCUT2D eigenvalue weighted by atomic mass is 79.9. The lowest BCUT2D eigenvalue weighted by atomic mass is 10.1. The first-order chi connectivity index (χ1) is 14.6. The van der Waals surface area contributed by atoms with Crippen LogP contribution in [0, 0.1) is 5.92 Å². The number of nitrogens with zero attached hydrogens (tertiary/aromatic N) is 1. The van der Waals surface area contributed by atoms with E-state index < -0.39 is 29.1 Å². The van der Waals surface area contributed by atoms with E-state index in [1.165, 1.54) is 28.8 Å². The molecule has 2 aromatic rings. The van der Waals surface area contributed by atoms with E-state index in [0.29, 0.717) is 21.4 Å². The van der Waals surface area contributed by atoms with Gasteiger partial charge in [-0.3, -0.25) is 4.79 Å². The molecule has 2 unspecified atom stereocenters. The van der Waals surface area contributed by atoms with E-state index >= 15 is 0 Å². The maximum Gasteiger partial charge on any atom is 0.416 e. The zero-order valence-electron chi connectivity index (χ0n) is 16.9. The van der Waals surface area contributed by atoms with E-state index in [1.54, 1.807) is 24.3 Å². The van der Waals surface area contributed by atoms with Gasteiger partial charge in [0.05, 0.1) is 12.2 Å². The Labute approximate surface area is 191 Å². The fraction of sp³-hybridized carbons (Fsp3) is 0.364. The first kappa shape index (κ1) is 23.7. The number of alkyl halides is 3. The third-order valence-electron chi connectivity index (χ3n) is 4.66. The molecule has 166 valence electrons. The van der Waals surface area contributed by atoms with E-state index in [0.717, 1.165) is 12.1 Å². The van der Waals surface area contributed by atoms with Crippen LogP contribution in [0.3, 0.4) is 0 Å². The number of carbonyl (C=O) groups is 2. The number of thioether (sulfide) groups is 1. The summed E-state index contributed by atoms with van der Waals surface area (Å²) < 4.78 is 44.9. The second kappa shape index (κ2) is 9.65. The molecular weight excluding hydrogens is 495 g/mol. The maximum atomic E-state index is 13.4. The molecule has 2 atom stereocenters. The lowest BCUT2D eigenvalue weighted by molar-refractivity contribution is -0.149. The molecule has 4 nitrogen and oxygen atoms in total. The number of amides is 1. The Morgan fingerprint density at radius 2 is 1.87 bits per heavy atom. The highest BCUT2D eigenvalue weighted by molar-refractivity contribution is 9.10. The minimum Gasteiger partial charge on any atom is -0.464 e. The van der Waals surface area contributed by atoms with Gasteiger partial charge in [0.1, 0.15) is 11.4 Å². The summed E-state index contributed by atoms with van der Waals surface area (Å²) in [5.74, 6) is -0.470. The molecule has 1 aliphatic rings. The van der Waals surface area contributed by atoms with E-state index in [-0.39, 0.29) is 18.4 Å². The predicted molar refractivity (Wildman–Crippen MR) is 117 cm³/mol. The van der Waals surface area contributed by atoms with Crippen molar-refractivity contribution in [3.63, 3.8) is 0 Å². The van der Waals surface area contributed by atoms with Crippen molar-refractivity contribution in [2.24, 2.45) is 5.92 Å². The summed E-state index contributed by atoms with van der Waals surface area (Å²) in [5.41, 5.74) is 0.118. The van der Waals surface area contributed by atoms with Crippen molar-refractivity contribution < 1.29 is 27.5 Å². The van der Waals surface area contributed by atoms with Gasteiger partial charge in [-0.25, -0.2) is 4.79 Å². The van der Waals surface area contributed by atoms with Crippen LogP contribution in [-0.2, 0) is 15.7 Å². The van der Waals surface area contributed by atoms with Gasteiger partial charge < -0.3 is 9.64 Å². The molecule has 0 saturated carbocycles. The van der Waals surface area contributed by atoms with Crippen LogP contribution < -0.4 is 0 Å². The summed E-state index contributed by atoms with van der Waals surface area (Å²) >= 11 is 4.66. The van der Waals surface area contributed by atoms with Gasteiger partial charge in [0.15, 0.2) is 0 Å². The zero-order valence-corrected chi connectivity index (χ0v) is 19.3. The van der Waals surface area contributed by atoms with Crippen LogP contribution >= 0.6 is 27.7 Å². The van der Waals surface area contributed by atoms with Gasteiger partial charge in [0.2, 0.25) is 0 Å². The highest BCUT2D eigenvalue weighted by Gasteiger charge is 2.44. The van der Waals surface area contributed by atoms with Crippen LogP contribution in [0.1, 0.15) is 40.7 Å². The Hall–Kier alpha value is -2.00. The number of hydrogen-bond acceptors (Lipinski definition) is 4. The van der Waals surface area contributed by atoms with Crippen molar-refractivity contribution in [2.75, 3.05) is 12.4 Å². The van der Waals surface area contributed by atoms with Crippen LogP contribution in [0.25, 0.3) is 0 Å². The van der Waals surface area contributed by atoms with Crippen molar-refractivity contribution in [2.45, 2.75) is 31.4 Å². The van der Waals surface area contributed by atoms with Crippen LogP contribution in [-0.4, -0.2) is 35.2 Å². The Bertz CT molecular complexity index is 950. The van der Waals surface area contributed by atoms with Gasteiger partial charge in [-0.1, -0.05) is 48.0 Å². The summed E-state index contributed by atoms with van der Waals surface area (Å²) in [6.07, 6.45) is -4.45. The number of halogens is 4. The summed E-state index contributed by atoms with van der Waals surface area (Å²) in [6, 6.07) is 10.6. The Balaban J connectivity index is 1.94. The number of ether oxygens (including phenoxy) is 1. The SMILES string of the molecule is CC(C)COC(=O)C1CSC(c2ccc(C(F)(F)F)cc2)N1C(=O)c1cccc(Br)c1. The first-order valence-electron chi connectivity index (χ1n) is 9.61. The van der Waals surface area contributed by atoms with Crippen LogP contribution in [0.4, 0.5) is 13.2 Å². The van der Waals surface area contributed by atoms with Crippen molar-refractivity contribution in [1.29, 1.82) is 0 Å². The molecule has 0 aliphatic carbocycles. The average Bonchev–Trinajstić information content (AvgIpc) is 3.16. The van der Waals surface area contributed by atoms with Crippen molar-refractivity contribution in [1.82, 2.24) is 4.90 Å². The largest absolute Gasteiger partial charge is 0.464 e. The van der Waals surface area contributed by atoms with Gasteiger partial charge in [0.25, 0.3) is 5.91 Å². The quantitative estimate of drug-likeness (QED) is 0.463. The molecule has 31 heavy (non-hydrogen) atoms. The number of rotatable bonds is 5. The lowest BCUT2D eigenvalue weighted by Gasteiger charge is -2.29. The van der Waals surface area contributed by atoms with Gasteiger partial charge in [-0.05, 0) is 41.8 Å². The summed E-state index contributed by atoms with van der Waals surface area (Å²) in [6.45, 7) is 4.04. The minimum absolute atomic E-state index is 0.137. The molecule has 0 aromatic heterocycles. The molecule has 1 fully saturated rings. The van der Waals surface area contributed by atoms with E-state index in [2.05, 4.69) is 15.9 Å². The molecule has 1 aliphatic heterocycles. The molecule has 1 amide bonds. The molecule has 0 N–H and O–H groups in total. The normalized spacial score (nSPS) is 19.0. The molecule has 0 spiro atoms. The Kier molecular flexibility index (Phi) is 7.36. The molecule has 1 saturated heterocycles. The highest BCUT2D eigenvalue weighted by Crippen LogP contribution is 2.43. The third-order valence-corrected chi connectivity index (χ3v) is 6.48. The topological polar surface area (TPSA) is 46.6 Å². The van der Waals surface area contributed by atoms with Gasteiger partial charge in [0, 0.05) is 15.8 Å². The molecule has 1 heterocycles. The lowest BCUT2D eigenvalue weighted by Crippen LogP contribution is -2.44. The summed E-state index contributed by atoms with van der Waals surface area (Å²) in [4.78, 5) is 27.5. The molecule has 0 radical (unpaired) electrons. The van der Waals surface area contributed by atoms with E-state index in [9.17, 15) is 22.8 Å². The van der Waals surface area contributed by atoms with E-state index in [4.69, 9.17) is 4.74 Å². The van der Waals surface area contributed by atoms with Crippen molar-refractivity contribution in [3.8, 4) is 0 Å². The number of esters is 1. The van der Waals surface area contributed by atoms with Crippen LogP contribution in [0.15, 0.2) is 53.0 Å². The summed E-state index contributed by atoms with van der Waals surface area (Å²) in [5, 5.41) is -0.606. The average molecular weight is 516 g/mol. The first-order valence-corrected chi connectivity index (χ1v) is 11.5. The molecule has 3 rings (SSSR count). The van der Waals surface area contributed by atoms with Crippen molar-refractivity contribution in [3.05, 3.63) is 69.7 Å². The Morgan fingerprint density at radius 3 is 2.45 bits per heavy atom. The monoisotopic (exact) mass is 515 g/mol. The van der Waals surface area contributed by atoms with Crippen LogP contribution in [0.5, 0.6) is 0 Å². The molecule has 9 heteroatoms. The predicted octanol–water partition coefficient (Wildman–Crippen LogP) is 5.92. The number of benzene rings is 2. The zero-order chi connectivity index (χ0) is 22.8. The van der Waals surface area contributed by atoms with Gasteiger partial charge >= 0.3 is 12.1 Å². The Morgan fingerprint density at radius 1 is 1.19 bits per heavy atom. The minimum atomic E-state index is -4.45. The number of hydrogen-bond donors (Lipinski definition) is 0. The fourth-order valence-electron chi connectivity index (χ4n) is 3.15. The standard InChI is InChI=1S/C22H21BrF3NO3S/c1-13(2)11-30-21(29)18-12-31-20(14-6-8-16(9-7-14)22(24,25)26)27(18)19(28)15-4-3-5-17(23)10-15/h3-10,13,18,20H,11-12H2,1-2H3. The second-order valence-electron chi connectivity index (χ2n) is 7.57. The third kappa shape index (κ3) is 5.63. The summed E-state index contributed by atoms with van der Waals surface area (Å²) in [7, 11) is 0. The van der Waals surface area contributed by atoms with E-state index in [1.807, 2.05) is 13.8 Å². The maximum absolute atomic E-state index is 13.4. The molecule has 0 bridgehead atoms. The molecular formula is C22H21BrF3NO3S. The second-order valence-corrected chi connectivity index (χ2v) is 9.60. The fourth-order valence-corrected chi connectivity index (χ4v) is 4.96.